The molecule has 0 spiro atoms. The van der Waals surface area contributed by atoms with Crippen molar-refractivity contribution in [2.45, 2.75) is 45.2 Å². The van der Waals surface area contributed by atoms with Crippen molar-refractivity contribution in [3.8, 4) is 0 Å². The molecule has 2 fully saturated rings. The first-order chi connectivity index (χ1) is 10.7. The highest BCUT2D eigenvalue weighted by Crippen LogP contribution is 2.24. The maximum atomic E-state index is 12.3. The molecule has 1 aliphatic carbocycles. The highest BCUT2D eigenvalue weighted by molar-refractivity contribution is 5.74. The molecule has 0 unspecified atom stereocenters. The van der Waals surface area contributed by atoms with Gasteiger partial charge in [0.25, 0.3) is 0 Å². The van der Waals surface area contributed by atoms with Crippen LogP contribution in [0.3, 0.4) is 0 Å². The number of urea groups is 1. The molecule has 120 valence electrons. The molecule has 1 aromatic rings. The molecule has 1 aromatic carbocycles. The Kier molecular flexibility index (Phi) is 4.98. The van der Waals surface area contributed by atoms with Crippen molar-refractivity contribution in [1.29, 1.82) is 0 Å². The normalized spacial score (nSPS) is 20.3. The summed E-state index contributed by atoms with van der Waals surface area (Å²) in [6, 6.07) is 9.15. The van der Waals surface area contributed by atoms with Gasteiger partial charge in [-0.25, -0.2) is 4.79 Å². The van der Waals surface area contributed by atoms with Crippen LogP contribution in [0.2, 0.25) is 0 Å². The van der Waals surface area contributed by atoms with Crippen molar-refractivity contribution in [1.82, 2.24) is 15.1 Å². The van der Waals surface area contributed by atoms with Gasteiger partial charge in [0.05, 0.1) is 0 Å². The Labute approximate surface area is 133 Å². The number of nitrogens with zero attached hydrogens (tertiary/aromatic N) is 2. The van der Waals surface area contributed by atoms with Gasteiger partial charge in [0, 0.05) is 38.8 Å². The van der Waals surface area contributed by atoms with Gasteiger partial charge >= 0.3 is 6.03 Å². The lowest BCUT2D eigenvalue weighted by Crippen LogP contribution is -2.53. The molecule has 0 aromatic heterocycles. The molecular formula is C18H27N3O. The highest BCUT2D eigenvalue weighted by Gasteiger charge is 2.27. The SMILES string of the molecule is Cc1cccc(CNC(=O)N2CCN(C3CCCC3)CC2)c1. The molecule has 3 rings (SSSR count). The second-order valence-corrected chi connectivity index (χ2v) is 6.61. The summed E-state index contributed by atoms with van der Waals surface area (Å²) < 4.78 is 0. The molecule has 1 N–H and O–H groups in total. The van der Waals surface area contributed by atoms with Crippen molar-refractivity contribution < 1.29 is 4.79 Å². The predicted molar refractivity (Wildman–Crippen MR) is 88.8 cm³/mol. The zero-order valence-electron chi connectivity index (χ0n) is 13.6. The number of aryl methyl sites for hydroxylation is 1. The van der Waals surface area contributed by atoms with Crippen LogP contribution in [0.15, 0.2) is 24.3 Å². The standard InChI is InChI=1S/C18H27N3O/c1-15-5-4-6-16(13-15)14-19-18(22)21-11-9-20(10-12-21)17-7-2-3-8-17/h4-6,13,17H,2-3,7-12,14H2,1H3,(H,19,22). The van der Waals surface area contributed by atoms with Crippen LogP contribution >= 0.6 is 0 Å². The van der Waals surface area contributed by atoms with Gasteiger partial charge in [-0.1, -0.05) is 42.7 Å². The number of rotatable bonds is 3. The van der Waals surface area contributed by atoms with Crippen LogP contribution in [0.25, 0.3) is 0 Å². The number of carbonyl (C=O) groups excluding carboxylic acids is 1. The van der Waals surface area contributed by atoms with Crippen LogP contribution in [0, 0.1) is 6.92 Å². The van der Waals surface area contributed by atoms with Gasteiger partial charge in [0.1, 0.15) is 0 Å². The molecule has 22 heavy (non-hydrogen) atoms. The Morgan fingerprint density at radius 3 is 2.59 bits per heavy atom. The van der Waals surface area contributed by atoms with E-state index >= 15 is 0 Å². The van der Waals surface area contributed by atoms with E-state index in [4.69, 9.17) is 0 Å². The quantitative estimate of drug-likeness (QED) is 0.932. The third-order valence-corrected chi connectivity index (χ3v) is 4.97. The minimum atomic E-state index is 0.0765. The van der Waals surface area contributed by atoms with Crippen LogP contribution < -0.4 is 5.32 Å². The summed E-state index contributed by atoms with van der Waals surface area (Å²) in [6.07, 6.45) is 5.45. The number of piperazine rings is 1. The molecular weight excluding hydrogens is 274 g/mol. The third-order valence-electron chi connectivity index (χ3n) is 4.97. The van der Waals surface area contributed by atoms with Crippen molar-refractivity contribution in [2.75, 3.05) is 26.2 Å². The first-order valence-corrected chi connectivity index (χ1v) is 8.55. The van der Waals surface area contributed by atoms with E-state index in [1.165, 1.54) is 31.2 Å². The first kappa shape index (κ1) is 15.3. The van der Waals surface area contributed by atoms with E-state index in [0.717, 1.165) is 37.8 Å². The number of nitrogens with one attached hydrogen (secondary N) is 1. The van der Waals surface area contributed by atoms with Gasteiger partial charge in [-0.2, -0.15) is 0 Å². The van der Waals surface area contributed by atoms with Crippen molar-refractivity contribution in [3.63, 3.8) is 0 Å². The lowest BCUT2D eigenvalue weighted by molar-refractivity contribution is 0.109. The monoisotopic (exact) mass is 301 g/mol. The highest BCUT2D eigenvalue weighted by atomic mass is 16.2. The average molecular weight is 301 g/mol. The van der Waals surface area contributed by atoms with Gasteiger partial charge < -0.3 is 10.2 Å². The molecule has 4 nitrogen and oxygen atoms in total. The zero-order valence-corrected chi connectivity index (χ0v) is 13.6. The first-order valence-electron chi connectivity index (χ1n) is 8.55. The van der Waals surface area contributed by atoms with E-state index in [1.54, 1.807) is 0 Å². The topological polar surface area (TPSA) is 35.6 Å². The van der Waals surface area contributed by atoms with Gasteiger partial charge in [-0.15, -0.1) is 0 Å². The van der Waals surface area contributed by atoms with Crippen LogP contribution in [0.4, 0.5) is 4.79 Å². The molecule has 0 radical (unpaired) electrons. The van der Waals surface area contributed by atoms with E-state index < -0.39 is 0 Å². The minimum absolute atomic E-state index is 0.0765. The van der Waals surface area contributed by atoms with Crippen LogP contribution in [0.1, 0.15) is 36.8 Å². The van der Waals surface area contributed by atoms with Gasteiger partial charge in [-0.3, -0.25) is 4.90 Å². The number of hydrogen-bond donors (Lipinski definition) is 1. The Balaban J connectivity index is 1.43. The fourth-order valence-corrected chi connectivity index (χ4v) is 3.67. The maximum Gasteiger partial charge on any atom is 0.317 e. The van der Waals surface area contributed by atoms with Gasteiger partial charge in [-0.05, 0) is 25.3 Å². The lowest BCUT2D eigenvalue weighted by atomic mass is 10.1. The van der Waals surface area contributed by atoms with Crippen molar-refractivity contribution in [2.24, 2.45) is 0 Å². The largest absolute Gasteiger partial charge is 0.334 e. The summed E-state index contributed by atoms with van der Waals surface area (Å²) in [6.45, 7) is 6.47. The summed E-state index contributed by atoms with van der Waals surface area (Å²) in [5.74, 6) is 0. The molecule has 1 aliphatic heterocycles. The molecule has 4 heteroatoms. The molecule has 0 atom stereocenters. The average Bonchev–Trinajstić information content (AvgIpc) is 3.07. The summed E-state index contributed by atoms with van der Waals surface area (Å²) in [5.41, 5.74) is 2.40. The Hall–Kier alpha value is -1.55. The molecule has 1 saturated heterocycles. The Morgan fingerprint density at radius 2 is 1.91 bits per heavy atom. The Bertz CT molecular complexity index is 503. The smallest absolute Gasteiger partial charge is 0.317 e. The van der Waals surface area contributed by atoms with Crippen LogP contribution in [-0.4, -0.2) is 48.1 Å². The van der Waals surface area contributed by atoms with E-state index in [0.29, 0.717) is 6.54 Å². The molecule has 2 amide bonds. The van der Waals surface area contributed by atoms with E-state index in [9.17, 15) is 4.79 Å². The van der Waals surface area contributed by atoms with Gasteiger partial charge in [0.15, 0.2) is 0 Å². The molecule has 0 bridgehead atoms. The number of benzene rings is 1. The molecule has 2 aliphatic rings. The summed E-state index contributed by atoms with van der Waals surface area (Å²) in [5, 5.41) is 3.05. The van der Waals surface area contributed by atoms with Crippen molar-refractivity contribution in [3.05, 3.63) is 35.4 Å². The zero-order chi connectivity index (χ0) is 15.4. The molecule has 1 saturated carbocycles. The van der Waals surface area contributed by atoms with E-state index in [1.807, 2.05) is 11.0 Å². The second-order valence-electron chi connectivity index (χ2n) is 6.61. The van der Waals surface area contributed by atoms with Gasteiger partial charge in [0.2, 0.25) is 0 Å². The number of hydrogen-bond acceptors (Lipinski definition) is 2. The van der Waals surface area contributed by atoms with Crippen LogP contribution in [-0.2, 0) is 6.54 Å². The summed E-state index contributed by atoms with van der Waals surface area (Å²) in [7, 11) is 0. The predicted octanol–water partition coefficient (Wildman–Crippen LogP) is 2.76. The summed E-state index contributed by atoms with van der Waals surface area (Å²) >= 11 is 0. The number of carbonyl (C=O) groups is 1. The fourth-order valence-electron chi connectivity index (χ4n) is 3.67. The maximum absolute atomic E-state index is 12.3. The fraction of sp³-hybridized carbons (Fsp3) is 0.611. The lowest BCUT2D eigenvalue weighted by Gasteiger charge is -2.38. The van der Waals surface area contributed by atoms with E-state index in [-0.39, 0.29) is 6.03 Å². The summed E-state index contributed by atoms with van der Waals surface area (Å²) in [4.78, 5) is 16.8. The molecule has 1 heterocycles. The number of amides is 2. The third kappa shape index (κ3) is 3.80. The minimum Gasteiger partial charge on any atom is -0.334 e. The van der Waals surface area contributed by atoms with Crippen LogP contribution in [0.5, 0.6) is 0 Å². The van der Waals surface area contributed by atoms with E-state index in [2.05, 4.69) is 35.3 Å². The van der Waals surface area contributed by atoms with Crippen molar-refractivity contribution >= 4 is 6.03 Å². The Morgan fingerprint density at radius 1 is 1.18 bits per heavy atom. The second kappa shape index (κ2) is 7.14.